The van der Waals surface area contributed by atoms with E-state index in [1.807, 2.05) is 0 Å². The molecule has 1 fully saturated rings. The summed E-state index contributed by atoms with van der Waals surface area (Å²) < 4.78 is 5.15. The number of pyridine rings is 1. The number of ether oxygens (including phenoxy) is 1. The number of carbonyl (C=O) groups is 1. The van der Waals surface area contributed by atoms with Gasteiger partial charge < -0.3 is 10.1 Å². The Morgan fingerprint density at radius 3 is 3.21 bits per heavy atom. The van der Waals surface area contributed by atoms with Crippen molar-refractivity contribution in [1.29, 1.82) is 0 Å². The molecule has 19 heavy (non-hydrogen) atoms. The van der Waals surface area contributed by atoms with Gasteiger partial charge in [0.2, 0.25) is 0 Å². The minimum Gasteiger partial charge on any atom is -0.494 e. The standard InChI is InChI=1S/C14H21N3O2/c1-3-17-9-5-6-11(17)10-16-14(18)13-12(19-2)7-4-8-15-13/h4,7-8,11H,3,5-6,9-10H2,1-2H3,(H,16,18). The first-order valence-corrected chi connectivity index (χ1v) is 6.77. The van der Waals surface area contributed by atoms with Gasteiger partial charge in [-0.15, -0.1) is 0 Å². The molecule has 2 heterocycles. The molecule has 0 aromatic carbocycles. The van der Waals surface area contributed by atoms with E-state index < -0.39 is 0 Å². The van der Waals surface area contributed by atoms with Gasteiger partial charge in [0.15, 0.2) is 5.69 Å². The van der Waals surface area contributed by atoms with Crippen LogP contribution in [0.15, 0.2) is 18.3 Å². The lowest BCUT2D eigenvalue weighted by Crippen LogP contribution is -2.40. The molecule has 2 rings (SSSR count). The summed E-state index contributed by atoms with van der Waals surface area (Å²) in [5, 5.41) is 2.96. The second kappa shape index (κ2) is 6.52. The Kier molecular flexibility index (Phi) is 4.74. The van der Waals surface area contributed by atoms with Crippen molar-refractivity contribution in [1.82, 2.24) is 15.2 Å². The number of rotatable bonds is 5. The Hall–Kier alpha value is -1.62. The summed E-state index contributed by atoms with van der Waals surface area (Å²) in [5.41, 5.74) is 0.353. The minimum absolute atomic E-state index is 0.166. The Labute approximate surface area is 114 Å². The third-order valence-electron chi connectivity index (χ3n) is 3.61. The molecule has 5 nitrogen and oxygen atoms in total. The Balaban J connectivity index is 1.94. The van der Waals surface area contributed by atoms with Crippen molar-refractivity contribution in [3.8, 4) is 5.75 Å². The highest BCUT2D eigenvalue weighted by molar-refractivity contribution is 5.94. The quantitative estimate of drug-likeness (QED) is 0.870. The van der Waals surface area contributed by atoms with Gasteiger partial charge >= 0.3 is 0 Å². The van der Waals surface area contributed by atoms with Crippen molar-refractivity contribution < 1.29 is 9.53 Å². The predicted molar refractivity (Wildman–Crippen MR) is 73.4 cm³/mol. The average Bonchev–Trinajstić information content (AvgIpc) is 2.92. The van der Waals surface area contributed by atoms with E-state index in [1.165, 1.54) is 6.42 Å². The molecule has 0 aliphatic carbocycles. The second-order valence-electron chi connectivity index (χ2n) is 4.69. The first kappa shape index (κ1) is 13.8. The van der Waals surface area contributed by atoms with E-state index in [4.69, 9.17) is 4.74 Å². The summed E-state index contributed by atoms with van der Waals surface area (Å²) in [4.78, 5) is 18.6. The van der Waals surface area contributed by atoms with E-state index in [2.05, 4.69) is 22.1 Å². The van der Waals surface area contributed by atoms with Crippen LogP contribution in [0.2, 0.25) is 0 Å². The lowest BCUT2D eigenvalue weighted by molar-refractivity contribution is 0.0933. The van der Waals surface area contributed by atoms with Gasteiger partial charge in [-0.1, -0.05) is 6.92 Å². The van der Waals surface area contributed by atoms with Crippen molar-refractivity contribution in [2.45, 2.75) is 25.8 Å². The normalized spacial score (nSPS) is 19.4. The van der Waals surface area contributed by atoms with Crippen LogP contribution in [0.4, 0.5) is 0 Å². The van der Waals surface area contributed by atoms with Crippen LogP contribution in [-0.4, -0.2) is 48.6 Å². The summed E-state index contributed by atoms with van der Waals surface area (Å²) in [6.07, 6.45) is 3.96. The largest absolute Gasteiger partial charge is 0.494 e. The zero-order chi connectivity index (χ0) is 13.7. The van der Waals surface area contributed by atoms with Crippen LogP contribution < -0.4 is 10.1 Å². The summed E-state index contributed by atoms with van der Waals surface area (Å²) >= 11 is 0. The predicted octanol–water partition coefficient (Wildman–Crippen LogP) is 1.30. The second-order valence-corrected chi connectivity index (χ2v) is 4.69. The molecule has 1 aromatic rings. The highest BCUT2D eigenvalue weighted by Crippen LogP contribution is 2.17. The molecule has 1 unspecified atom stereocenters. The van der Waals surface area contributed by atoms with Crippen LogP contribution in [-0.2, 0) is 0 Å². The van der Waals surface area contributed by atoms with Crippen LogP contribution >= 0.6 is 0 Å². The van der Waals surface area contributed by atoms with Crippen molar-refractivity contribution in [2.75, 3.05) is 26.7 Å². The SMILES string of the molecule is CCN1CCCC1CNC(=O)c1ncccc1OC. The monoisotopic (exact) mass is 263 g/mol. The molecule has 1 atom stereocenters. The average molecular weight is 263 g/mol. The molecule has 104 valence electrons. The zero-order valence-corrected chi connectivity index (χ0v) is 11.6. The third kappa shape index (κ3) is 3.23. The molecule has 1 amide bonds. The summed E-state index contributed by atoms with van der Waals surface area (Å²) in [7, 11) is 1.55. The number of likely N-dealkylation sites (N-methyl/N-ethyl adjacent to an activating group) is 1. The van der Waals surface area contributed by atoms with Crippen molar-refractivity contribution >= 4 is 5.91 Å². The van der Waals surface area contributed by atoms with Crippen LogP contribution in [0.5, 0.6) is 5.75 Å². The molecule has 0 radical (unpaired) electrons. The van der Waals surface area contributed by atoms with Crippen LogP contribution in [0, 0.1) is 0 Å². The van der Waals surface area contributed by atoms with E-state index >= 15 is 0 Å². The van der Waals surface area contributed by atoms with E-state index in [-0.39, 0.29) is 5.91 Å². The molecule has 1 aliphatic heterocycles. The van der Waals surface area contributed by atoms with E-state index in [9.17, 15) is 4.79 Å². The molecule has 1 aliphatic rings. The van der Waals surface area contributed by atoms with E-state index in [1.54, 1.807) is 25.4 Å². The highest BCUT2D eigenvalue weighted by Gasteiger charge is 2.24. The maximum Gasteiger partial charge on any atom is 0.273 e. The Morgan fingerprint density at radius 2 is 2.47 bits per heavy atom. The Bertz CT molecular complexity index is 436. The van der Waals surface area contributed by atoms with Gasteiger partial charge in [0, 0.05) is 18.8 Å². The maximum atomic E-state index is 12.1. The first-order valence-electron chi connectivity index (χ1n) is 6.77. The maximum absolute atomic E-state index is 12.1. The van der Waals surface area contributed by atoms with Crippen LogP contribution in [0.1, 0.15) is 30.3 Å². The molecular formula is C14H21N3O2. The van der Waals surface area contributed by atoms with Crippen molar-refractivity contribution in [2.24, 2.45) is 0 Å². The first-order chi connectivity index (χ1) is 9.26. The smallest absolute Gasteiger partial charge is 0.273 e. The molecule has 0 saturated carbocycles. The fourth-order valence-electron chi connectivity index (χ4n) is 2.56. The number of nitrogens with zero attached hydrogens (tertiary/aromatic N) is 2. The van der Waals surface area contributed by atoms with E-state index in [0.29, 0.717) is 24.0 Å². The number of methoxy groups -OCH3 is 1. The number of nitrogens with one attached hydrogen (secondary N) is 1. The fourth-order valence-corrected chi connectivity index (χ4v) is 2.56. The topological polar surface area (TPSA) is 54.5 Å². The fraction of sp³-hybridized carbons (Fsp3) is 0.571. The van der Waals surface area contributed by atoms with Gasteiger partial charge in [0.05, 0.1) is 7.11 Å². The van der Waals surface area contributed by atoms with Gasteiger partial charge in [-0.2, -0.15) is 0 Å². The van der Waals surface area contributed by atoms with E-state index in [0.717, 1.165) is 19.5 Å². The highest BCUT2D eigenvalue weighted by atomic mass is 16.5. The third-order valence-corrected chi connectivity index (χ3v) is 3.61. The number of hydrogen-bond acceptors (Lipinski definition) is 4. The number of amides is 1. The van der Waals surface area contributed by atoms with Gasteiger partial charge in [-0.3, -0.25) is 9.69 Å². The summed E-state index contributed by atoms with van der Waals surface area (Å²) in [6.45, 7) is 4.99. The van der Waals surface area contributed by atoms with Crippen LogP contribution in [0.25, 0.3) is 0 Å². The summed E-state index contributed by atoms with van der Waals surface area (Å²) in [5.74, 6) is 0.346. The molecule has 1 N–H and O–H groups in total. The molecule has 0 bridgehead atoms. The van der Waals surface area contributed by atoms with Gasteiger partial charge in [0.25, 0.3) is 5.91 Å². The van der Waals surface area contributed by atoms with Gasteiger partial charge in [-0.05, 0) is 38.1 Å². The molecular weight excluding hydrogens is 242 g/mol. The summed E-state index contributed by atoms with van der Waals surface area (Å²) in [6, 6.07) is 3.95. The minimum atomic E-state index is -0.166. The lowest BCUT2D eigenvalue weighted by atomic mass is 10.2. The van der Waals surface area contributed by atoms with Gasteiger partial charge in [-0.25, -0.2) is 4.98 Å². The molecule has 5 heteroatoms. The van der Waals surface area contributed by atoms with Crippen molar-refractivity contribution in [3.05, 3.63) is 24.0 Å². The number of carbonyl (C=O) groups excluding carboxylic acids is 1. The van der Waals surface area contributed by atoms with Crippen LogP contribution in [0.3, 0.4) is 0 Å². The van der Waals surface area contributed by atoms with Gasteiger partial charge in [0.1, 0.15) is 5.75 Å². The Morgan fingerprint density at radius 1 is 1.63 bits per heavy atom. The number of hydrogen-bond donors (Lipinski definition) is 1. The lowest BCUT2D eigenvalue weighted by Gasteiger charge is -2.22. The molecule has 1 saturated heterocycles. The number of likely N-dealkylation sites (tertiary alicyclic amines) is 1. The number of aromatic nitrogens is 1. The molecule has 0 spiro atoms. The van der Waals surface area contributed by atoms with Crippen molar-refractivity contribution in [3.63, 3.8) is 0 Å². The molecule has 1 aromatic heterocycles. The zero-order valence-electron chi connectivity index (χ0n) is 11.6.